The Morgan fingerprint density at radius 2 is 1.56 bits per heavy atom. The molecule has 1 saturated heterocycles. The van der Waals surface area contributed by atoms with E-state index < -0.39 is 0 Å². The fourth-order valence-corrected chi connectivity index (χ4v) is 5.28. The lowest BCUT2D eigenvalue weighted by molar-refractivity contribution is 0.221. The molecule has 3 aromatic carbocycles. The molecule has 0 N–H and O–H groups in total. The van der Waals surface area contributed by atoms with Crippen molar-refractivity contribution in [3.05, 3.63) is 87.8 Å². The minimum Gasteiger partial charge on any atom is -0.497 e. The molecule has 5 rings (SSSR count). The number of likely N-dealkylation sites (tertiary alicyclic amines) is 1. The van der Waals surface area contributed by atoms with Crippen LogP contribution in [0.4, 0.5) is 0 Å². The van der Waals surface area contributed by atoms with Gasteiger partial charge in [-0.1, -0.05) is 42.8 Å². The lowest BCUT2D eigenvalue weighted by Gasteiger charge is -2.26. The minimum atomic E-state index is -0.341. The number of fused-ring (bicyclic) bond motifs is 1. The maximum absolute atomic E-state index is 12.4. The number of rotatable bonds is 5. The fraction of sp³-hybridized carbons (Fsp3) is 0.300. The minimum absolute atomic E-state index is 0.341. The number of aryl methyl sites for hydroxylation is 2. The molecule has 174 valence electrons. The summed E-state index contributed by atoms with van der Waals surface area (Å²) in [5.41, 5.74) is 8.09. The second-order valence-electron chi connectivity index (χ2n) is 9.31. The van der Waals surface area contributed by atoms with E-state index in [9.17, 15) is 4.79 Å². The summed E-state index contributed by atoms with van der Waals surface area (Å²) in [6.07, 6.45) is 3.97. The molecule has 4 aromatic rings. The quantitative estimate of drug-likeness (QED) is 0.314. The molecular formula is C30H31NO3. The van der Waals surface area contributed by atoms with Crippen LogP contribution in [0.25, 0.3) is 33.2 Å². The number of piperidine rings is 1. The fourth-order valence-electron chi connectivity index (χ4n) is 5.28. The zero-order valence-corrected chi connectivity index (χ0v) is 20.2. The van der Waals surface area contributed by atoms with Gasteiger partial charge in [-0.05, 0) is 91.4 Å². The number of hydrogen-bond donors (Lipinski definition) is 0. The van der Waals surface area contributed by atoms with Gasteiger partial charge in [0.2, 0.25) is 0 Å². The predicted molar refractivity (Wildman–Crippen MR) is 139 cm³/mol. The Labute approximate surface area is 200 Å². The third-order valence-corrected chi connectivity index (χ3v) is 6.98. The third-order valence-electron chi connectivity index (χ3n) is 6.98. The van der Waals surface area contributed by atoms with Gasteiger partial charge >= 0.3 is 5.63 Å². The van der Waals surface area contributed by atoms with Crippen LogP contribution >= 0.6 is 0 Å². The van der Waals surface area contributed by atoms with Crippen molar-refractivity contribution in [2.24, 2.45) is 0 Å². The SMILES string of the molecule is COc1ccc(-c2cc(=O)oc3cc(C)c(-c4ccc(CN5CCCCC5)cc4)c(C)c23)cc1. The molecule has 1 aromatic heterocycles. The second kappa shape index (κ2) is 9.47. The summed E-state index contributed by atoms with van der Waals surface area (Å²) < 4.78 is 10.9. The first-order valence-electron chi connectivity index (χ1n) is 12.1. The second-order valence-corrected chi connectivity index (χ2v) is 9.31. The van der Waals surface area contributed by atoms with Crippen molar-refractivity contribution in [2.75, 3.05) is 20.2 Å². The van der Waals surface area contributed by atoms with E-state index in [0.29, 0.717) is 5.58 Å². The van der Waals surface area contributed by atoms with Gasteiger partial charge in [-0.2, -0.15) is 0 Å². The van der Waals surface area contributed by atoms with Crippen molar-refractivity contribution < 1.29 is 9.15 Å². The molecular weight excluding hydrogens is 422 g/mol. The Bertz CT molecular complexity index is 1360. The first kappa shape index (κ1) is 22.4. The van der Waals surface area contributed by atoms with Gasteiger partial charge < -0.3 is 9.15 Å². The lowest BCUT2D eigenvalue weighted by atomic mass is 9.89. The van der Waals surface area contributed by atoms with Crippen LogP contribution in [0, 0.1) is 13.8 Å². The Balaban J connectivity index is 1.57. The van der Waals surface area contributed by atoms with E-state index in [1.54, 1.807) is 13.2 Å². The maximum Gasteiger partial charge on any atom is 0.336 e. The highest BCUT2D eigenvalue weighted by atomic mass is 16.5. The van der Waals surface area contributed by atoms with Gasteiger partial charge in [0.1, 0.15) is 11.3 Å². The van der Waals surface area contributed by atoms with Crippen molar-refractivity contribution >= 4 is 11.0 Å². The molecule has 0 amide bonds. The van der Waals surface area contributed by atoms with E-state index in [2.05, 4.69) is 43.0 Å². The highest BCUT2D eigenvalue weighted by Gasteiger charge is 2.17. The zero-order chi connectivity index (χ0) is 23.7. The van der Waals surface area contributed by atoms with Crippen molar-refractivity contribution in [1.29, 1.82) is 0 Å². The predicted octanol–water partition coefficient (Wildman–Crippen LogP) is 6.74. The topological polar surface area (TPSA) is 42.7 Å². The number of benzene rings is 3. The first-order valence-corrected chi connectivity index (χ1v) is 12.1. The molecule has 0 bridgehead atoms. The summed E-state index contributed by atoms with van der Waals surface area (Å²) in [7, 11) is 1.65. The number of ether oxygens (including phenoxy) is 1. The molecule has 1 aliphatic rings. The molecule has 0 saturated carbocycles. The van der Waals surface area contributed by atoms with Crippen molar-refractivity contribution in [1.82, 2.24) is 4.90 Å². The summed E-state index contributed by atoms with van der Waals surface area (Å²) in [6, 6.07) is 20.4. The Hall–Kier alpha value is -3.37. The molecule has 2 heterocycles. The van der Waals surface area contributed by atoms with Gasteiger partial charge in [-0.3, -0.25) is 4.90 Å². The highest BCUT2D eigenvalue weighted by molar-refractivity contribution is 6.00. The number of methoxy groups -OCH3 is 1. The molecule has 0 unspecified atom stereocenters. The molecule has 1 fully saturated rings. The van der Waals surface area contributed by atoms with Crippen LogP contribution in [0.3, 0.4) is 0 Å². The van der Waals surface area contributed by atoms with E-state index >= 15 is 0 Å². The van der Waals surface area contributed by atoms with Gasteiger partial charge in [-0.15, -0.1) is 0 Å². The lowest BCUT2D eigenvalue weighted by Crippen LogP contribution is -2.28. The average Bonchev–Trinajstić information content (AvgIpc) is 2.85. The summed E-state index contributed by atoms with van der Waals surface area (Å²) in [6.45, 7) is 7.62. The van der Waals surface area contributed by atoms with E-state index in [4.69, 9.17) is 9.15 Å². The van der Waals surface area contributed by atoms with Crippen LogP contribution < -0.4 is 10.4 Å². The van der Waals surface area contributed by atoms with Gasteiger partial charge in [0.05, 0.1) is 7.11 Å². The summed E-state index contributed by atoms with van der Waals surface area (Å²) in [5, 5.41) is 0.975. The Morgan fingerprint density at radius 3 is 2.24 bits per heavy atom. The molecule has 34 heavy (non-hydrogen) atoms. The molecule has 4 nitrogen and oxygen atoms in total. The van der Waals surface area contributed by atoms with E-state index in [1.165, 1.54) is 49.0 Å². The van der Waals surface area contributed by atoms with E-state index in [0.717, 1.165) is 39.9 Å². The van der Waals surface area contributed by atoms with E-state index in [1.807, 2.05) is 30.3 Å². The van der Waals surface area contributed by atoms with Crippen molar-refractivity contribution in [3.63, 3.8) is 0 Å². The van der Waals surface area contributed by atoms with Crippen LogP contribution in [-0.4, -0.2) is 25.1 Å². The largest absolute Gasteiger partial charge is 0.497 e. The standard InChI is InChI=1S/C30H31NO3/c1-20-17-27-30(26(18-28(32)34-27)23-11-13-25(33-3)14-12-23)21(2)29(20)24-9-7-22(8-10-24)19-31-15-5-4-6-16-31/h7-14,17-18H,4-6,15-16,19H2,1-3H3. The van der Waals surface area contributed by atoms with Crippen molar-refractivity contribution in [3.8, 4) is 28.0 Å². The maximum atomic E-state index is 12.4. The highest BCUT2D eigenvalue weighted by Crippen LogP contribution is 2.38. The van der Waals surface area contributed by atoms with Gasteiger partial charge in [0.25, 0.3) is 0 Å². The molecule has 0 radical (unpaired) electrons. The molecule has 0 atom stereocenters. The molecule has 1 aliphatic heterocycles. The summed E-state index contributed by atoms with van der Waals surface area (Å²) in [4.78, 5) is 14.9. The van der Waals surface area contributed by atoms with Gasteiger partial charge in [0.15, 0.2) is 0 Å². The van der Waals surface area contributed by atoms with Gasteiger partial charge in [-0.25, -0.2) is 4.79 Å². The van der Waals surface area contributed by atoms with Crippen molar-refractivity contribution in [2.45, 2.75) is 39.7 Å². The molecule has 0 spiro atoms. The molecule has 4 heteroatoms. The monoisotopic (exact) mass is 453 g/mol. The number of hydrogen-bond acceptors (Lipinski definition) is 4. The third kappa shape index (κ3) is 4.38. The normalized spacial score (nSPS) is 14.4. The average molecular weight is 454 g/mol. The summed E-state index contributed by atoms with van der Waals surface area (Å²) in [5.74, 6) is 0.786. The Morgan fingerprint density at radius 1 is 0.882 bits per heavy atom. The van der Waals surface area contributed by atoms with Crippen LogP contribution in [0.1, 0.15) is 36.0 Å². The van der Waals surface area contributed by atoms with Crippen LogP contribution in [0.2, 0.25) is 0 Å². The smallest absolute Gasteiger partial charge is 0.336 e. The van der Waals surface area contributed by atoms with Gasteiger partial charge in [0, 0.05) is 23.6 Å². The van der Waals surface area contributed by atoms with E-state index in [-0.39, 0.29) is 5.63 Å². The number of nitrogens with zero attached hydrogens (tertiary/aromatic N) is 1. The zero-order valence-electron chi connectivity index (χ0n) is 20.2. The first-order chi connectivity index (χ1) is 16.5. The summed E-state index contributed by atoms with van der Waals surface area (Å²) >= 11 is 0. The van der Waals surface area contributed by atoms with Crippen LogP contribution in [0.15, 0.2) is 69.9 Å². The Kier molecular flexibility index (Phi) is 6.25. The van der Waals surface area contributed by atoms with Crippen LogP contribution in [-0.2, 0) is 6.54 Å². The van der Waals surface area contributed by atoms with Crippen LogP contribution in [0.5, 0.6) is 5.75 Å². The molecule has 0 aliphatic carbocycles.